The second-order valence-electron chi connectivity index (χ2n) is 6.71. The molecular formula is C19H33N5. The van der Waals surface area contributed by atoms with Crippen LogP contribution in [0.15, 0.2) is 23.5 Å². The summed E-state index contributed by atoms with van der Waals surface area (Å²) in [4.78, 5) is 11.1. The molecule has 0 amide bonds. The summed E-state index contributed by atoms with van der Waals surface area (Å²) >= 11 is 0. The lowest BCUT2D eigenvalue weighted by Crippen LogP contribution is -2.41. The Labute approximate surface area is 147 Å². The maximum Gasteiger partial charge on any atom is 0.190 e. The van der Waals surface area contributed by atoms with E-state index in [9.17, 15) is 0 Å². The zero-order chi connectivity index (χ0) is 17.2. The van der Waals surface area contributed by atoms with E-state index in [0.29, 0.717) is 0 Å². The number of hydrogen-bond acceptors (Lipinski definition) is 3. The van der Waals surface area contributed by atoms with Crippen molar-refractivity contribution in [1.82, 2.24) is 20.5 Å². The van der Waals surface area contributed by atoms with Crippen molar-refractivity contribution in [3.05, 3.63) is 29.6 Å². The smallest absolute Gasteiger partial charge is 0.190 e. The zero-order valence-corrected chi connectivity index (χ0v) is 15.5. The molecule has 0 aromatic carbocycles. The first-order chi connectivity index (χ1) is 11.7. The summed E-state index contributed by atoms with van der Waals surface area (Å²) in [6.07, 6.45) is 10.0. The second kappa shape index (κ2) is 10.3. The molecule has 1 atom stereocenters. The van der Waals surface area contributed by atoms with Crippen LogP contribution in [0.3, 0.4) is 0 Å². The van der Waals surface area contributed by atoms with Gasteiger partial charge in [0.05, 0.1) is 0 Å². The van der Waals surface area contributed by atoms with Crippen LogP contribution in [0.4, 0.5) is 0 Å². The molecule has 1 fully saturated rings. The molecule has 5 heteroatoms. The molecule has 1 saturated heterocycles. The number of hydrogen-bond donors (Lipinski definition) is 2. The lowest BCUT2D eigenvalue weighted by molar-refractivity contribution is 0.159. The minimum atomic E-state index is 0.750. The number of nitrogens with zero attached hydrogens (tertiary/aromatic N) is 3. The summed E-state index contributed by atoms with van der Waals surface area (Å²) in [6, 6.07) is 2.84. The Morgan fingerprint density at radius 3 is 2.92 bits per heavy atom. The highest BCUT2D eigenvalue weighted by molar-refractivity contribution is 5.79. The molecule has 1 aliphatic rings. The van der Waals surface area contributed by atoms with Crippen LogP contribution < -0.4 is 10.6 Å². The Morgan fingerprint density at radius 1 is 1.33 bits per heavy atom. The highest BCUT2D eigenvalue weighted by atomic mass is 15.2. The van der Waals surface area contributed by atoms with E-state index in [4.69, 9.17) is 0 Å². The molecule has 24 heavy (non-hydrogen) atoms. The topological polar surface area (TPSA) is 52.6 Å². The summed E-state index contributed by atoms with van der Waals surface area (Å²) in [5.41, 5.74) is 2.59. The largest absolute Gasteiger partial charge is 0.356 e. The van der Waals surface area contributed by atoms with Crippen LogP contribution in [-0.4, -0.2) is 55.1 Å². The minimum absolute atomic E-state index is 0.750. The Morgan fingerprint density at radius 2 is 2.17 bits per heavy atom. The van der Waals surface area contributed by atoms with Gasteiger partial charge in [0.2, 0.25) is 0 Å². The van der Waals surface area contributed by atoms with Gasteiger partial charge in [-0.15, -0.1) is 0 Å². The number of aryl methyl sites for hydroxylation is 1. The fraction of sp³-hybridized carbons (Fsp3) is 0.684. The third kappa shape index (κ3) is 6.11. The van der Waals surface area contributed by atoms with Gasteiger partial charge in [0, 0.05) is 45.1 Å². The quantitative estimate of drug-likeness (QED) is 0.457. The number of likely N-dealkylation sites (tertiary alicyclic amines) is 1. The van der Waals surface area contributed by atoms with E-state index >= 15 is 0 Å². The van der Waals surface area contributed by atoms with E-state index < -0.39 is 0 Å². The molecule has 2 heterocycles. The fourth-order valence-corrected chi connectivity index (χ4v) is 3.30. The molecule has 1 unspecified atom stereocenters. The molecule has 0 radical (unpaired) electrons. The van der Waals surface area contributed by atoms with Crippen LogP contribution in [-0.2, 0) is 6.42 Å². The maximum atomic E-state index is 4.31. The number of aliphatic imine (C=N–C) groups is 1. The van der Waals surface area contributed by atoms with E-state index in [0.717, 1.165) is 37.9 Å². The minimum Gasteiger partial charge on any atom is -0.356 e. The summed E-state index contributed by atoms with van der Waals surface area (Å²) in [7, 11) is 1.83. The van der Waals surface area contributed by atoms with Crippen LogP contribution in [0.5, 0.6) is 0 Å². The molecule has 2 N–H and O–H groups in total. The van der Waals surface area contributed by atoms with Crippen molar-refractivity contribution in [3.63, 3.8) is 0 Å². The number of guanidine groups is 1. The van der Waals surface area contributed by atoms with Crippen LogP contribution in [0.1, 0.15) is 43.7 Å². The number of nitrogens with one attached hydrogen (secondary N) is 2. The van der Waals surface area contributed by atoms with Crippen molar-refractivity contribution in [1.29, 1.82) is 0 Å². The monoisotopic (exact) mass is 331 g/mol. The Balaban J connectivity index is 1.61. The first-order valence-corrected chi connectivity index (χ1v) is 9.28. The Kier molecular flexibility index (Phi) is 8.02. The van der Waals surface area contributed by atoms with Crippen LogP contribution in [0.25, 0.3) is 0 Å². The number of rotatable bonds is 7. The standard InChI is InChI=1S/C19H33N5/c1-16-15-21-11-8-18(16)9-12-23-19(20-3)22-10-6-14-24-13-5-4-7-17(24)2/h8,11,15,17H,4-7,9-10,12-14H2,1-3H3,(H2,20,22,23). The van der Waals surface area contributed by atoms with E-state index in [1.165, 1.54) is 43.5 Å². The van der Waals surface area contributed by atoms with Gasteiger partial charge in [-0.05, 0) is 63.3 Å². The lowest BCUT2D eigenvalue weighted by atomic mass is 10.0. The predicted octanol–water partition coefficient (Wildman–Crippen LogP) is 2.36. The second-order valence-corrected chi connectivity index (χ2v) is 6.71. The average Bonchev–Trinajstić information content (AvgIpc) is 2.60. The van der Waals surface area contributed by atoms with Gasteiger partial charge in [-0.2, -0.15) is 0 Å². The van der Waals surface area contributed by atoms with Gasteiger partial charge in [-0.1, -0.05) is 6.42 Å². The summed E-state index contributed by atoms with van der Waals surface area (Å²) in [6.45, 7) is 8.76. The number of piperidine rings is 1. The van der Waals surface area contributed by atoms with Crippen molar-refractivity contribution in [2.75, 3.05) is 33.2 Å². The van der Waals surface area contributed by atoms with E-state index in [-0.39, 0.29) is 0 Å². The van der Waals surface area contributed by atoms with E-state index in [2.05, 4.69) is 45.4 Å². The first-order valence-electron chi connectivity index (χ1n) is 9.28. The summed E-state index contributed by atoms with van der Waals surface area (Å²) in [5, 5.41) is 6.82. The van der Waals surface area contributed by atoms with Crippen molar-refractivity contribution in [2.45, 2.75) is 52.0 Å². The van der Waals surface area contributed by atoms with Crippen molar-refractivity contribution >= 4 is 5.96 Å². The van der Waals surface area contributed by atoms with Gasteiger partial charge in [0.15, 0.2) is 5.96 Å². The number of aromatic nitrogens is 1. The zero-order valence-electron chi connectivity index (χ0n) is 15.5. The first kappa shape index (κ1) is 18.7. The predicted molar refractivity (Wildman–Crippen MR) is 102 cm³/mol. The van der Waals surface area contributed by atoms with E-state index in [1.807, 2.05) is 19.4 Å². The molecule has 0 bridgehead atoms. The molecule has 0 aliphatic carbocycles. The molecule has 0 saturated carbocycles. The Bertz CT molecular complexity index is 514. The maximum absolute atomic E-state index is 4.31. The van der Waals surface area contributed by atoms with Gasteiger partial charge in [-0.3, -0.25) is 9.98 Å². The van der Waals surface area contributed by atoms with Crippen LogP contribution >= 0.6 is 0 Å². The third-order valence-corrected chi connectivity index (χ3v) is 4.90. The molecule has 1 aliphatic heterocycles. The van der Waals surface area contributed by atoms with Gasteiger partial charge in [0.25, 0.3) is 0 Å². The van der Waals surface area contributed by atoms with E-state index in [1.54, 1.807) is 0 Å². The highest BCUT2D eigenvalue weighted by Crippen LogP contribution is 2.16. The van der Waals surface area contributed by atoms with Gasteiger partial charge in [-0.25, -0.2) is 0 Å². The molecule has 1 aromatic heterocycles. The van der Waals surface area contributed by atoms with Gasteiger partial charge < -0.3 is 15.5 Å². The third-order valence-electron chi connectivity index (χ3n) is 4.90. The molecule has 1 aromatic rings. The van der Waals surface area contributed by atoms with Crippen molar-refractivity contribution < 1.29 is 0 Å². The van der Waals surface area contributed by atoms with Crippen molar-refractivity contribution in [2.24, 2.45) is 4.99 Å². The molecule has 0 spiro atoms. The summed E-state index contributed by atoms with van der Waals surface area (Å²) < 4.78 is 0. The molecule has 134 valence electrons. The highest BCUT2D eigenvalue weighted by Gasteiger charge is 2.17. The SMILES string of the molecule is CN=C(NCCCN1CCCCC1C)NCCc1ccncc1C. The van der Waals surface area contributed by atoms with Gasteiger partial charge in [0.1, 0.15) is 0 Å². The lowest BCUT2D eigenvalue weighted by Gasteiger charge is -2.33. The van der Waals surface area contributed by atoms with Crippen molar-refractivity contribution in [3.8, 4) is 0 Å². The molecular weight excluding hydrogens is 298 g/mol. The fourth-order valence-electron chi connectivity index (χ4n) is 3.30. The molecule has 5 nitrogen and oxygen atoms in total. The Hall–Kier alpha value is -1.62. The van der Waals surface area contributed by atoms with Gasteiger partial charge >= 0.3 is 0 Å². The normalized spacial score (nSPS) is 19.3. The molecule has 2 rings (SSSR count). The number of pyridine rings is 1. The average molecular weight is 332 g/mol. The summed E-state index contributed by atoms with van der Waals surface area (Å²) in [5.74, 6) is 0.897. The van der Waals surface area contributed by atoms with Crippen LogP contribution in [0.2, 0.25) is 0 Å². The van der Waals surface area contributed by atoms with Crippen LogP contribution in [0, 0.1) is 6.92 Å².